The summed E-state index contributed by atoms with van der Waals surface area (Å²) >= 11 is 0. The average Bonchev–Trinajstić information content (AvgIpc) is 3.09. The minimum atomic E-state index is -0.284. The van der Waals surface area contributed by atoms with Crippen LogP contribution < -0.4 is 5.69 Å². The third-order valence-electron chi connectivity index (χ3n) is 4.72. The zero-order chi connectivity index (χ0) is 19.4. The zero-order valence-electron chi connectivity index (χ0n) is 15.6. The van der Waals surface area contributed by atoms with Crippen LogP contribution >= 0.6 is 0 Å². The summed E-state index contributed by atoms with van der Waals surface area (Å²) in [6.45, 7) is 11.8. The maximum Gasteiger partial charge on any atom is 0.346 e. The van der Waals surface area contributed by atoms with Gasteiger partial charge in [0.25, 0.3) is 0 Å². The van der Waals surface area contributed by atoms with Crippen molar-refractivity contribution in [2.75, 3.05) is 0 Å². The van der Waals surface area contributed by atoms with E-state index in [0.717, 1.165) is 17.0 Å². The van der Waals surface area contributed by atoms with Crippen molar-refractivity contribution in [1.82, 2.24) is 14.3 Å². The van der Waals surface area contributed by atoms with Crippen LogP contribution in [-0.2, 0) is 6.42 Å². The van der Waals surface area contributed by atoms with Crippen LogP contribution in [0.1, 0.15) is 55.7 Å². The lowest BCUT2D eigenvalue weighted by atomic mass is 9.94. The normalized spacial score (nSPS) is 19.2. The minimum absolute atomic E-state index is 0.125. The van der Waals surface area contributed by atoms with E-state index in [2.05, 4.69) is 31.2 Å². The number of benzene rings is 1. The first-order chi connectivity index (χ1) is 12.4. The van der Waals surface area contributed by atoms with Crippen LogP contribution in [0.2, 0.25) is 0 Å². The van der Waals surface area contributed by atoms with Gasteiger partial charge in [-0.25, -0.2) is 13.9 Å². The van der Waals surface area contributed by atoms with Crippen LogP contribution in [-0.4, -0.2) is 14.3 Å². The fraction of sp³-hybridized carbons (Fsp3) is 0.450. The van der Waals surface area contributed by atoms with Gasteiger partial charge >= 0.3 is 5.69 Å². The topological polar surface area (TPSA) is 63.6 Å². The maximum atomic E-state index is 13.8. The second-order valence-electron chi connectivity index (χ2n) is 6.75. The number of hydrogen-bond donors (Lipinski definition) is 0. The molecule has 3 rings (SSSR count). The Morgan fingerprint density at radius 2 is 2.12 bits per heavy atom. The minimum Gasteiger partial charge on any atom is -0.271 e. The van der Waals surface area contributed by atoms with Crippen LogP contribution in [0, 0.1) is 30.0 Å². The molecule has 0 aliphatic carbocycles. The number of aryl methyl sites for hydroxylation is 1. The summed E-state index contributed by atoms with van der Waals surface area (Å²) in [7, 11) is 0. The molecule has 0 spiro atoms. The predicted octanol–water partition coefficient (Wildman–Crippen LogP) is 3.94. The van der Waals surface area contributed by atoms with Crippen molar-refractivity contribution in [2.45, 2.75) is 52.1 Å². The molecule has 6 heteroatoms. The highest BCUT2D eigenvalue weighted by Crippen LogP contribution is 2.35. The van der Waals surface area contributed by atoms with Crippen molar-refractivity contribution in [3.8, 4) is 6.07 Å². The molecule has 0 amide bonds. The first-order valence-corrected chi connectivity index (χ1v) is 8.76. The number of halogens is 1. The van der Waals surface area contributed by atoms with Crippen molar-refractivity contribution >= 4 is 0 Å². The lowest BCUT2D eigenvalue weighted by molar-refractivity contribution is 0.408. The molecule has 1 aromatic carbocycles. The van der Waals surface area contributed by atoms with Gasteiger partial charge in [0.1, 0.15) is 11.6 Å². The monoisotopic (exact) mass is 356 g/mol. The van der Waals surface area contributed by atoms with Crippen molar-refractivity contribution in [1.29, 1.82) is 5.26 Å². The molecule has 1 aliphatic rings. The Labute approximate surface area is 153 Å². The standard InChI is InChI=1S/C18H21FN4O.C2H4/c1-11-7-14(10-15(19)8-11)17-12(2)9-16-21-23(18(24)22(16)17)13(3)5-4-6-20;1-2/h7-8,10,12-13,17H,4-5,9H2,1-3H3;1-2H2. The first-order valence-electron chi connectivity index (χ1n) is 8.76. The molecule has 2 heterocycles. The van der Waals surface area contributed by atoms with Gasteiger partial charge in [-0.1, -0.05) is 13.0 Å². The molecule has 0 saturated carbocycles. The van der Waals surface area contributed by atoms with Gasteiger partial charge in [-0.3, -0.25) is 4.57 Å². The van der Waals surface area contributed by atoms with Crippen molar-refractivity contribution in [3.63, 3.8) is 0 Å². The summed E-state index contributed by atoms with van der Waals surface area (Å²) in [6, 6.07) is 6.70. The van der Waals surface area contributed by atoms with Crippen molar-refractivity contribution < 1.29 is 4.39 Å². The average molecular weight is 356 g/mol. The molecule has 3 unspecified atom stereocenters. The highest BCUT2D eigenvalue weighted by Gasteiger charge is 2.35. The molecular weight excluding hydrogens is 331 g/mol. The van der Waals surface area contributed by atoms with Gasteiger partial charge in [0, 0.05) is 12.8 Å². The molecule has 138 valence electrons. The fourth-order valence-corrected chi connectivity index (χ4v) is 3.60. The van der Waals surface area contributed by atoms with E-state index in [4.69, 9.17) is 5.26 Å². The van der Waals surface area contributed by atoms with Gasteiger partial charge in [0.15, 0.2) is 0 Å². The highest BCUT2D eigenvalue weighted by atomic mass is 19.1. The van der Waals surface area contributed by atoms with Crippen LogP contribution in [0.3, 0.4) is 0 Å². The molecule has 2 aromatic rings. The molecule has 0 saturated heterocycles. The molecule has 5 nitrogen and oxygen atoms in total. The van der Waals surface area contributed by atoms with Crippen LogP contribution in [0.4, 0.5) is 4.39 Å². The summed E-state index contributed by atoms with van der Waals surface area (Å²) < 4.78 is 17.0. The fourth-order valence-electron chi connectivity index (χ4n) is 3.60. The Balaban J connectivity index is 0.00000117. The molecule has 26 heavy (non-hydrogen) atoms. The molecule has 0 fully saturated rings. The molecule has 1 aromatic heterocycles. The first kappa shape index (κ1) is 19.6. The number of rotatable bonds is 4. The van der Waals surface area contributed by atoms with E-state index in [-0.39, 0.29) is 29.5 Å². The van der Waals surface area contributed by atoms with Gasteiger partial charge in [-0.05, 0) is 49.4 Å². The maximum absolute atomic E-state index is 13.8. The van der Waals surface area contributed by atoms with Gasteiger partial charge < -0.3 is 0 Å². The second kappa shape index (κ2) is 8.13. The molecule has 0 N–H and O–H groups in total. The van der Waals surface area contributed by atoms with Crippen LogP contribution in [0.25, 0.3) is 0 Å². The highest BCUT2D eigenvalue weighted by molar-refractivity contribution is 5.29. The van der Waals surface area contributed by atoms with Crippen molar-refractivity contribution in [2.24, 2.45) is 5.92 Å². The Kier molecular flexibility index (Phi) is 6.14. The van der Waals surface area contributed by atoms with Crippen molar-refractivity contribution in [3.05, 3.63) is 64.6 Å². The number of fused-ring (bicyclic) bond motifs is 1. The van der Waals surface area contributed by atoms with Crippen LogP contribution in [0.5, 0.6) is 0 Å². The van der Waals surface area contributed by atoms with E-state index in [0.29, 0.717) is 19.3 Å². The summed E-state index contributed by atoms with van der Waals surface area (Å²) in [4.78, 5) is 12.9. The van der Waals surface area contributed by atoms with E-state index in [1.165, 1.54) is 16.8 Å². The summed E-state index contributed by atoms with van der Waals surface area (Å²) in [5.41, 5.74) is 1.48. The molecule has 3 atom stereocenters. The van der Waals surface area contributed by atoms with E-state index in [1.54, 1.807) is 4.57 Å². The summed E-state index contributed by atoms with van der Waals surface area (Å²) in [5.74, 6) is 0.641. The van der Waals surface area contributed by atoms with E-state index in [1.807, 2.05) is 19.9 Å². The quantitative estimate of drug-likeness (QED) is 0.780. The van der Waals surface area contributed by atoms with E-state index < -0.39 is 0 Å². The molecule has 0 bridgehead atoms. The number of hydrogen-bond acceptors (Lipinski definition) is 3. The van der Waals surface area contributed by atoms with E-state index in [9.17, 15) is 9.18 Å². The van der Waals surface area contributed by atoms with Gasteiger partial charge in [-0.2, -0.15) is 10.4 Å². The van der Waals surface area contributed by atoms with E-state index >= 15 is 0 Å². The third-order valence-corrected chi connectivity index (χ3v) is 4.72. The molecular formula is C20H25FN4O. The van der Waals surface area contributed by atoms with Gasteiger partial charge in [0.2, 0.25) is 0 Å². The van der Waals surface area contributed by atoms with Crippen LogP contribution in [0.15, 0.2) is 36.2 Å². The third kappa shape index (κ3) is 3.62. The van der Waals surface area contributed by atoms with Gasteiger partial charge in [0.05, 0.1) is 18.2 Å². The second-order valence-corrected chi connectivity index (χ2v) is 6.75. The Hall–Kier alpha value is -2.68. The summed E-state index contributed by atoms with van der Waals surface area (Å²) in [5, 5.41) is 13.2. The SMILES string of the molecule is C=C.Cc1cc(F)cc(C2C(C)Cc3nn(C(C)CCC#N)c(=O)n32)c1. The predicted molar refractivity (Wildman–Crippen MR) is 99.4 cm³/mol. The smallest absolute Gasteiger partial charge is 0.271 e. The Morgan fingerprint density at radius 3 is 2.73 bits per heavy atom. The van der Waals surface area contributed by atoms with Gasteiger partial charge in [-0.15, -0.1) is 13.2 Å². The largest absolute Gasteiger partial charge is 0.346 e. The number of aromatic nitrogens is 3. The number of nitrogens with zero attached hydrogens (tertiary/aromatic N) is 4. The molecule has 0 radical (unpaired) electrons. The molecule has 1 aliphatic heterocycles. The summed E-state index contributed by atoms with van der Waals surface area (Å²) in [6.07, 6.45) is 1.66. The number of nitriles is 1. The Bertz CT molecular complexity index is 857. The lowest BCUT2D eigenvalue weighted by Gasteiger charge is -2.19. The zero-order valence-corrected chi connectivity index (χ0v) is 15.6. The lowest BCUT2D eigenvalue weighted by Crippen LogP contribution is -2.30. The Morgan fingerprint density at radius 1 is 1.42 bits per heavy atom.